The Morgan fingerprint density at radius 3 is 2.65 bits per heavy atom. The Bertz CT molecular complexity index is 773. The average molecular weight is 373 g/mol. The lowest BCUT2D eigenvalue weighted by molar-refractivity contribution is -0.119. The summed E-state index contributed by atoms with van der Waals surface area (Å²) in [5.74, 6) is 0.531. The fourth-order valence-electron chi connectivity index (χ4n) is 2.51. The van der Waals surface area contributed by atoms with E-state index in [2.05, 4.69) is 33.0 Å². The van der Waals surface area contributed by atoms with Crippen LogP contribution in [0.2, 0.25) is 0 Å². The van der Waals surface area contributed by atoms with E-state index < -0.39 is 11.3 Å². The number of thioether (sulfide) groups is 1. The largest absolute Gasteiger partial charge is 0.335 e. The average Bonchev–Trinajstić information content (AvgIpc) is 3.36. The molecule has 26 heavy (non-hydrogen) atoms. The van der Waals surface area contributed by atoms with Gasteiger partial charge in [-0.15, -0.1) is 10.2 Å². The van der Waals surface area contributed by atoms with E-state index in [1.165, 1.54) is 11.8 Å². The summed E-state index contributed by atoms with van der Waals surface area (Å²) in [6.45, 7) is 4.50. The SMILES string of the molecule is CCn1c(Cc2ccccc2)nnc1SC(C)C(=O)NC(=O)NC1CC1. The number of nitrogens with zero attached hydrogens (tertiary/aromatic N) is 3. The van der Waals surface area contributed by atoms with Crippen molar-refractivity contribution < 1.29 is 9.59 Å². The highest BCUT2D eigenvalue weighted by molar-refractivity contribution is 8.00. The van der Waals surface area contributed by atoms with Gasteiger partial charge in [0.25, 0.3) is 0 Å². The van der Waals surface area contributed by atoms with E-state index in [9.17, 15) is 9.59 Å². The van der Waals surface area contributed by atoms with Crippen LogP contribution in [-0.2, 0) is 17.8 Å². The predicted molar refractivity (Wildman–Crippen MR) is 100.0 cm³/mol. The normalized spacial score (nSPS) is 14.7. The second-order valence-electron chi connectivity index (χ2n) is 6.30. The van der Waals surface area contributed by atoms with Crippen molar-refractivity contribution in [1.29, 1.82) is 0 Å². The number of nitrogens with one attached hydrogen (secondary N) is 2. The maximum absolute atomic E-state index is 12.2. The molecule has 1 fully saturated rings. The van der Waals surface area contributed by atoms with E-state index in [0.29, 0.717) is 18.1 Å². The molecule has 138 valence electrons. The number of hydrogen-bond donors (Lipinski definition) is 2. The highest BCUT2D eigenvalue weighted by atomic mass is 32.2. The van der Waals surface area contributed by atoms with E-state index in [-0.39, 0.29) is 11.9 Å². The number of rotatable bonds is 7. The van der Waals surface area contributed by atoms with Crippen LogP contribution in [0.1, 0.15) is 38.1 Å². The molecule has 8 heteroatoms. The molecule has 1 aromatic heterocycles. The van der Waals surface area contributed by atoms with Crippen LogP contribution in [-0.4, -0.2) is 38.0 Å². The van der Waals surface area contributed by atoms with Gasteiger partial charge < -0.3 is 9.88 Å². The van der Waals surface area contributed by atoms with Crippen molar-refractivity contribution in [3.8, 4) is 0 Å². The molecule has 1 aliphatic carbocycles. The molecule has 1 atom stereocenters. The second-order valence-corrected chi connectivity index (χ2v) is 7.61. The lowest BCUT2D eigenvalue weighted by atomic mass is 10.1. The Morgan fingerprint density at radius 1 is 1.27 bits per heavy atom. The molecule has 0 saturated heterocycles. The summed E-state index contributed by atoms with van der Waals surface area (Å²) in [7, 11) is 0. The fraction of sp³-hybridized carbons (Fsp3) is 0.444. The third kappa shape index (κ3) is 4.85. The molecular formula is C18H23N5O2S. The van der Waals surface area contributed by atoms with Crippen LogP contribution < -0.4 is 10.6 Å². The zero-order valence-corrected chi connectivity index (χ0v) is 15.8. The number of benzene rings is 1. The quantitative estimate of drug-likeness (QED) is 0.727. The van der Waals surface area contributed by atoms with Crippen molar-refractivity contribution >= 4 is 23.7 Å². The van der Waals surface area contributed by atoms with Crippen molar-refractivity contribution in [3.63, 3.8) is 0 Å². The first-order valence-electron chi connectivity index (χ1n) is 8.80. The van der Waals surface area contributed by atoms with Gasteiger partial charge in [-0.25, -0.2) is 4.79 Å². The summed E-state index contributed by atoms with van der Waals surface area (Å²) in [5.41, 5.74) is 1.16. The topological polar surface area (TPSA) is 88.9 Å². The molecule has 0 radical (unpaired) electrons. The number of imide groups is 1. The Morgan fingerprint density at radius 2 is 2.00 bits per heavy atom. The van der Waals surface area contributed by atoms with Gasteiger partial charge in [-0.3, -0.25) is 10.1 Å². The van der Waals surface area contributed by atoms with Gasteiger partial charge in [-0.2, -0.15) is 0 Å². The number of aromatic nitrogens is 3. The first-order valence-corrected chi connectivity index (χ1v) is 9.68. The van der Waals surface area contributed by atoms with Crippen LogP contribution in [0.3, 0.4) is 0 Å². The van der Waals surface area contributed by atoms with E-state index in [1.54, 1.807) is 6.92 Å². The first-order chi connectivity index (χ1) is 12.6. The van der Waals surface area contributed by atoms with Crippen LogP contribution in [0.5, 0.6) is 0 Å². The van der Waals surface area contributed by atoms with Gasteiger partial charge in [-0.1, -0.05) is 42.1 Å². The molecule has 3 rings (SSSR count). The molecule has 7 nitrogen and oxygen atoms in total. The highest BCUT2D eigenvalue weighted by Gasteiger charge is 2.26. The van der Waals surface area contributed by atoms with Gasteiger partial charge in [-0.05, 0) is 32.3 Å². The standard InChI is InChI=1S/C18H23N5O2S/c1-3-23-15(11-13-7-5-4-6-8-13)21-22-18(23)26-12(2)16(24)20-17(25)19-14-9-10-14/h4-8,12,14H,3,9-11H2,1-2H3,(H2,19,20,24,25). The van der Waals surface area contributed by atoms with Gasteiger partial charge >= 0.3 is 6.03 Å². The predicted octanol–water partition coefficient (Wildman–Crippen LogP) is 2.36. The molecule has 1 heterocycles. The Labute approximate surface area is 157 Å². The van der Waals surface area contributed by atoms with Crippen LogP contribution in [0.25, 0.3) is 0 Å². The summed E-state index contributed by atoms with van der Waals surface area (Å²) >= 11 is 1.31. The van der Waals surface area contributed by atoms with Gasteiger partial charge in [0.1, 0.15) is 5.82 Å². The van der Waals surface area contributed by atoms with Crippen LogP contribution >= 0.6 is 11.8 Å². The summed E-state index contributed by atoms with van der Waals surface area (Å²) in [6, 6.07) is 9.87. The second kappa shape index (κ2) is 8.35. The smallest absolute Gasteiger partial charge is 0.321 e. The summed E-state index contributed by atoms with van der Waals surface area (Å²) in [5, 5.41) is 13.9. The van der Waals surface area contributed by atoms with Gasteiger partial charge in [0, 0.05) is 19.0 Å². The highest BCUT2D eigenvalue weighted by Crippen LogP contribution is 2.23. The molecule has 2 aromatic rings. The fourth-order valence-corrected chi connectivity index (χ4v) is 3.44. The van der Waals surface area contributed by atoms with Crippen molar-refractivity contribution in [2.75, 3.05) is 0 Å². The molecule has 1 unspecified atom stereocenters. The van der Waals surface area contributed by atoms with Crippen molar-refractivity contribution in [3.05, 3.63) is 41.7 Å². The summed E-state index contributed by atoms with van der Waals surface area (Å²) in [4.78, 5) is 23.9. The van der Waals surface area contributed by atoms with E-state index in [1.807, 2.05) is 29.7 Å². The molecule has 1 aromatic carbocycles. The minimum absolute atomic E-state index is 0.217. The summed E-state index contributed by atoms with van der Waals surface area (Å²) in [6.07, 6.45) is 2.65. The molecule has 1 saturated carbocycles. The van der Waals surface area contributed by atoms with Gasteiger partial charge in [0.15, 0.2) is 5.16 Å². The zero-order valence-electron chi connectivity index (χ0n) is 14.9. The Balaban J connectivity index is 1.61. The monoisotopic (exact) mass is 373 g/mol. The minimum Gasteiger partial charge on any atom is -0.335 e. The Hall–Kier alpha value is -2.35. The molecule has 0 spiro atoms. The van der Waals surface area contributed by atoms with Crippen molar-refractivity contribution in [1.82, 2.24) is 25.4 Å². The van der Waals surface area contributed by atoms with Crippen LogP contribution in [0, 0.1) is 0 Å². The van der Waals surface area contributed by atoms with E-state index >= 15 is 0 Å². The third-order valence-corrected chi connectivity index (χ3v) is 5.20. The number of amides is 3. The first kappa shape index (κ1) is 18.4. The minimum atomic E-state index is -0.445. The lowest BCUT2D eigenvalue weighted by Crippen LogP contribution is -2.43. The third-order valence-electron chi connectivity index (χ3n) is 4.12. The maximum atomic E-state index is 12.2. The van der Waals surface area contributed by atoms with Gasteiger partial charge in [0.05, 0.1) is 5.25 Å². The number of carbonyl (C=O) groups excluding carboxylic acids is 2. The Kier molecular flexibility index (Phi) is 5.92. The molecule has 3 amide bonds. The van der Waals surface area contributed by atoms with E-state index in [4.69, 9.17) is 0 Å². The van der Waals surface area contributed by atoms with Gasteiger partial charge in [0.2, 0.25) is 5.91 Å². The number of hydrogen-bond acceptors (Lipinski definition) is 5. The van der Waals surface area contributed by atoms with Crippen molar-refractivity contribution in [2.24, 2.45) is 0 Å². The number of urea groups is 1. The van der Waals surface area contributed by atoms with Crippen molar-refractivity contribution in [2.45, 2.75) is 56.1 Å². The summed E-state index contributed by atoms with van der Waals surface area (Å²) < 4.78 is 2.01. The number of carbonyl (C=O) groups is 2. The zero-order chi connectivity index (χ0) is 18.5. The maximum Gasteiger partial charge on any atom is 0.321 e. The molecule has 0 aliphatic heterocycles. The lowest BCUT2D eigenvalue weighted by Gasteiger charge is -2.12. The molecule has 0 bridgehead atoms. The van der Waals surface area contributed by atoms with Crippen LogP contribution in [0.4, 0.5) is 4.79 Å². The molecule has 1 aliphatic rings. The van der Waals surface area contributed by atoms with Crippen LogP contribution in [0.15, 0.2) is 35.5 Å². The molecule has 2 N–H and O–H groups in total. The van der Waals surface area contributed by atoms with E-state index in [0.717, 1.165) is 24.2 Å². The molecular weight excluding hydrogens is 350 g/mol.